The molecule has 3 N–H and O–H groups in total. The van der Waals surface area contributed by atoms with Crippen molar-refractivity contribution in [2.45, 2.75) is 12.8 Å². The van der Waals surface area contributed by atoms with Gasteiger partial charge in [0, 0.05) is 11.6 Å². The number of hydrogen-bond donors (Lipinski definition) is 3. The zero-order valence-electron chi connectivity index (χ0n) is 11.3. The molecule has 1 atom stereocenters. The predicted molar refractivity (Wildman–Crippen MR) is 75.2 cm³/mol. The van der Waals surface area contributed by atoms with Crippen LogP contribution in [0.1, 0.15) is 27.4 Å². The van der Waals surface area contributed by atoms with Gasteiger partial charge >= 0.3 is 0 Å². The Kier molecular flexibility index (Phi) is 2.97. The molecule has 0 aliphatic carbocycles. The molecule has 0 aromatic heterocycles. The lowest BCUT2D eigenvalue weighted by Gasteiger charge is -2.26. The van der Waals surface area contributed by atoms with Crippen molar-refractivity contribution in [3.8, 4) is 23.0 Å². The van der Waals surface area contributed by atoms with Crippen LogP contribution in [0.4, 0.5) is 0 Å². The molecular weight excluding hydrogens is 272 g/mol. The van der Waals surface area contributed by atoms with Crippen LogP contribution < -0.4 is 4.74 Å². The van der Waals surface area contributed by atoms with Crippen molar-refractivity contribution in [1.29, 1.82) is 0 Å². The fraction of sp³-hybridized carbons (Fsp3) is 0.188. The van der Waals surface area contributed by atoms with Gasteiger partial charge in [-0.2, -0.15) is 0 Å². The van der Waals surface area contributed by atoms with E-state index in [1.807, 2.05) is 0 Å². The zero-order chi connectivity index (χ0) is 15.1. The Morgan fingerprint density at radius 1 is 1.19 bits per heavy atom. The van der Waals surface area contributed by atoms with E-state index in [2.05, 4.69) is 0 Å². The second-order valence-electron chi connectivity index (χ2n) is 5.07. The normalized spacial score (nSPS) is 17.2. The standard InChI is InChI=1S/C16H14O5/c1-8-14-13(6-12(18)15(8)19)21-7-11(16(14)20)9-3-2-4-10(17)5-9/h2-6,11,17-19H,7H2,1H3. The summed E-state index contributed by atoms with van der Waals surface area (Å²) in [5, 5.41) is 28.9. The van der Waals surface area contributed by atoms with E-state index in [1.54, 1.807) is 19.1 Å². The van der Waals surface area contributed by atoms with Gasteiger partial charge in [-0.1, -0.05) is 12.1 Å². The van der Waals surface area contributed by atoms with Gasteiger partial charge in [-0.15, -0.1) is 0 Å². The number of phenolic OH excluding ortho intramolecular Hbond substituents is 3. The van der Waals surface area contributed by atoms with E-state index >= 15 is 0 Å². The molecule has 0 fully saturated rings. The molecule has 3 rings (SSSR count). The van der Waals surface area contributed by atoms with Crippen LogP contribution in [0.2, 0.25) is 0 Å². The third-order valence-corrected chi connectivity index (χ3v) is 3.73. The lowest BCUT2D eigenvalue weighted by molar-refractivity contribution is 0.0894. The Bertz CT molecular complexity index is 736. The third-order valence-electron chi connectivity index (χ3n) is 3.73. The van der Waals surface area contributed by atoms with E-state index in [4.69, 9.17) is 4.74 Å². The Morgan fingerprint density at radius 3 is 2.67 bits per heavy atom. The molecule has 0 bridgehead atoms. The van der Waals surface area contributed by atoms with Crippen LogP contribution >= 0.6 is 0 Å². The summed E-state index contributed by atoms with van der Waals surface area (Å²) >= 11 is 0. The van der Waals surface area contributed by atoms with Crippen molar-refractivity contribution in [3.05, 3.63) is 47.0 Å². The van der Waals surface area contributed by atoms with Crippen molar-refractivity contribution in [1.82, 2.24) is 0 Å². The molecular formula is C16H14O5. The zero-order valence-corrected chi connectivity index (χ0v) is 11.3. The first-order chi connectivity index (χ1) is 9.99. The summed E-state index contributed by atoms with van der Waals surface area (Å²) in [7, 11) is 0. The number of ketones is 1. The minimum atomic E-state index is -0.549. The highest BCUT2D eigenvalue weighted by Gasteiger charge is 2.33. The first-order valence-corrected chi connectivity index (χ1v) is 6.50. The maximum atomic E-state index is 12.7. The van der Waals surface area contributed by atoms with E-state index in [-0.39, 0.29) is 41.0 Å². The summed E-state index contributed by atoms with van der Waals surface area (Å²) < 4.78 is 5.54. The molecule has 1 aliphatic heterocycles. The number of rotatable bonds is 1. The fourth-order valence-corrected chi connectivity index (χ4v) is 2.59. The number of carbonyl (C=O) groups excluding carboxylic acids is 1. The molecule has 1 heterocycles. The molecule has 0 radical (unpaired) electrons. The number of phenols is 3. The maximum Gasteiger partial charge on any atom is 0.177 e. The molecule has 5 heteroatoms. The van der Waals surface area contributed by atoms with Crippen LogP contribution in [-0.4, -0.2) is 27.7 Å². The average molecular weight is 286 g/mol. The second-order valence-corrected chi connectivity index (χ2v) is 5.07. The molecule has 0 saturated heterocycles. The van der Waals surface area contributed by atoms with Crippen molar-refractivity contribution in [3.63, 3.8) is 0 Å². The van der Waals surface area contributed by atoms with Gasteiger partial charge in [0.1, 0.15) is 18.1 Å². The molecule has 21 heavy (non-hydrogen) atoms. The fourth-order valence-electron chi connectivity index (χ4n) is 2.59. The minimum Gasteiger partial charge on any atom is -0.508 e. The number of aromatic hydroxyl groups is 3. The number of fused-ring (bicyclic) bond motifs is 1. The largest absolute Gasteiger partial charge is 0.508 e. The van der Waals surface area contributed by atoms with Crippen molar-refractivity contribution in [2.75, 3.05) is 6.61 Å². The van der Waals surface area contributed by atoms with Crippen LogP contribution in [0.3, 0.4) is 0 Å². The molecule has 5 nitrogen and oxygen atoms in total. The summed E-state index contributed by atoms with van der Waals surface area (Å²) in [6.07, 6.45) is 0. The topological polar surface area (TPSA) is 87.0 Å². The van der Waals surface area contributed by atoms with E-state index in [1.165, 1.54) is 18.2 Å². The lowest BCUT2D eigenvalue weighted by atomic mass is 9.86. The van der Waals surface area contributed by atoms with E-state index in [9.17, 15) is 20.1 Å². The van der Waals surface area contributed by atoms with Gasteiger partial charge in [-0.3, -0.25) is 4.79 Å². The Labute approximate surface area is 121 Å². The lowest BCUT2D eigenvalue weighted by Crippen LogP contribution is -2.26. The highest BCUT2D eigenvalue weighted by Crippen LogP contribution is 2.42. The highest BCUT2D eigenvalue weighted by molar-refractivity contribution is 6.06. The van der Waals surface area contributed by atoms with Gasteiger partial charge in [0.05, 0.1) is 11.5 Å². The summed E-state index contributed by atoms with van der Waals surface area (Å²) in [6.45, 7) is 1.68. The second kappa shape index (κ2) is 4.70. The smallest absolute Gasteiger partial charge is 0.177 e. The van der Waals surface area contributed by atoms with Crippen molar-refractivity contribution in [2.24, 2.45) is 0 Å². The summed E-state index contributed by atoms with van der Waals surface area (Å²) in [6, 6.07) is 7.70. The number of benzene rings is 2. The Hall–Kier alpha value is -2.69. The molecule has 2 aromatic rings. The minimum absolute atomic E-state index is 0.0800. The number of ether oxygens (including phenoxy) is 1. The summed E-state index contributed by atoms with van der Waals surface area (Å²) in [4.78, 5) is 12.7. The molecule has 108 valence electrons. The third kappa shape index (κ3) is 2.07. The van der Waals surface area contributed by atoms with Crippen LogP contribution in [-0.2, 0) is 0 Å². The molecule has 0 spiro atoms. The SMILES string of the molecule is Cc1c(O)c(O)cc2c1C(=O)C(c1cccc(O)c1)CO2. The number of hydrogen-bond acceptors (Lipinski definition) is 5. The number of Topliss-reactive ketones (excluding diaryl/α,β-unsaturated/α-hetero) is 1. The summed E-state index contributed by atoms with van der Waals surface area (Å²) in [5.74, 6) is -1.03. The first kappa shape index (κ1) is 13.3. The van der Waals surface area contributed by atoms with Gasteiger partial charge in [0.2, 0.25) is 0 Å². The highest BCUT2D eigenvalue weighted by atomic mass is 16.5. The summed E-state index contributed by atoms with van der Waals surface area (Å²) in [5.41, 5.74) is 1.21. The molecule has 0 amide bonds. The Balaban J connectivity index is 2.09. The van der Waals surface area contributed by atoms with Crippen LogP contribution in [0.15, 0.2) is 30.3 Å². The average Bonchev–Trinajstić information content (AvgIpc) is 2.45. The van der Waals surface area contributed by atoms with Crippen LogP contribution in [0.5, 0.6) is 23.0 Å². The molecule has 2 aromatic carbocycles. The van der Waals surface area contributed by atoms with E-state index < -0.39 is 5.92 Å². The number of carbonyl (C=O) groups is 1. The van der Waals surface area contributed by atoms with E-state index in [0.717, 1.165) is 0 Å². The van der Waals surface area contributed by atoms with Gasteiger partial charge in [-0.25, -0.2) is 0 Å². The maximum absolute atomic E-state index is 12.7. The van der Waals surface area contributed by atoms with Crippen molar-refractivity contribution < 1.29 is 24.9 Å². The predicted octanol–water partition coefficient (Wildman–Crippen LogP) is 2.47. The monoisotopic (exact) mass is 286 g/mol. The van der Waals surface area contributed by atoms with E-state index in [0.29, 0.717) is 11.1 Å². The van der Waals surface area contributed by atoms with Gasteiger partial charge in [-0.05, 0) is 24.6 Å². The van der Waals surface area contributed by atoms with Gasteiger partial charge < -0.3 is 20.1 Å². The van der Waals surface area contributed by atoms with Gasteiger partial charge in [0.25, 0.3) is 0 Å². The van der Waals surface area contributed by atoms with Crippen LogP contribution in [0, 0.1) is 6.92 Å². The Morgan fingerprint density at radius 2 is 1.95 bits per heavy atom. The van der Waals surface area contributed by atoms with Crippen LogP contribution in [0.25, 0.3) is 0 Å². The van der Waals surface area contributed by atoms with Gasteiger partial charge in [0.15, 0.2) is 17.3 Å². The molecule has 0 saturated carbocycles. The van der Waals surface area contributed by atoms with Crippen molar-refractivity contribution >= 4 is 5.78 Å². The molecule has 1 unspecified atom stereocenters. The quantitative estimate of drug-likeness (QED) is 0.701. The first-order valence-electron chi connectivity index (χ1n) is 6.50. The molecule has 1 aliphatic rings.